The van der Waals surface area contributed by atoms with Gasteiger partial charge in [0.1, 0.15) is 11.9 Å². The number of hydrogen-bond acceptors (Lipinski definition) is 2. The number of ether oxygens (including phenoxy) is 1. The molecule has 1 aromatic rings. The normalized spacial score (nSPS) is 19.9. The summed E-state index contributed by atoms with van der Waals surface area (Å²) in [7, 11) is 0. The molecule has 0 aromatic heterocycles. The minimum Gasteiger partial charge on any atom is -0.490 e. The summed E-state index contributed by atoms with van der Waals surface area (Å²) in [4.78, 5) is 0. The van der Waals surface area contributed by atoms with Crippen molar-refractivity contribution >= 4 is 0 Å². The molecule has 1 aliphatic heterocycles. The van der Waals surface area contributed by atoms with Crippen molar-refractivity contribution in [3.63, 3.8) is 0 Å². The van der Waals surface area contributed by atoms with Crippen LogP contribution in [0, 0.1) is 6.92 Å². The second-order valence-electron chi connectivity index (χ2n) is 5.25. The third-order valence-electron chi connectivity index (χ3n) is 2.71. The molecule has 0 saturated carbocycles. The third-order valence-corrected chi connectivity index (χ3v) is 2.71. The first-order valence-corrected chi connectivity index (χ1v) is 5.49. The summed E-state index contributed by atoms with van der Waals surface area (Å²) in [6.45, 7) is 6.20. The summed E-state index contributed by atoms with van der Waals surface area (Å²) in [6.07, 6.45) is 2.15. The van der Waals surface area contributed by atoms with Crippen LogP contribution in [0.3, 0.4) is 0 Å². The van der Waals surface area contributed by atoms with Crippen LogP contribution in [0.1, 0.15) is 31.4 Å². The lowest BCUT2D eigenvalue weighted by Gasteiger charge is -2.22. The number of rotatable bonds is 2. The van der Waals surface area contributed by atoms with E-state index >= 15 is 0 Å². The maximum atomic E-state index is 6.00. The van der Waals surface area contributed by atoms with Crippen LogP contribution >= 0.6 is 0 Å². The summed E-state index contributed by atoms with van der Waals surface area (Å²) in [5, 5.41) is 0. The van der Waals surface area contributed by atoms with Gasteiger partial charge in [-0.1, -0.05) is 17.7 Å². The van der Waals surface area contributed by atoms with Gasteiger partial charge < -0.3 is 10.5 Å². The standard InChI is InChI=1S/C13H19NO/c1-9-4-5-12-10(6-9)7-11(15-12)8-13(2,3)14/h4-6,11H,7-8,14H2,1-3H3. The van der Waals surface area contributed by atoms with E-state index in [2.05, 4.69) is 25.1 Å². The Kier molecular flexibility index (Phi) is 2.47. The molecule has 15 heavy (non-hydrogen) atoms. The molecule has 2 nitrogen and oxygen atoms in total. The van der Waals surface area contributed by atoms with Gasteiger partial charge in [0.25, 0.3) is 0 Å². The fourth-order valence-electron chi connectivity index (χ4n) is 2.15. The molecule has 2 heteroatoms. The molecule has 2 N–H and O–H groups in total. The van der Waals surface area contributed by atoms with Crippen LogP contribution in [0.5, 0.6) is 5.75 Å². The number of aryl methyl sites for hydroxylation is 1. The number of benzene rings is 1. The van der Waals surface area contributed by atoms with Gasteiger partial charge in [0.15, 0.2) is 0 Å². The molecule has 1 aromatic carbocycles. The summed E-state index contributed by atoms with van der Waals surface area (Å²) >= 11 is 0. The Hall–Kier alpha value is -1.02. The highest BCUT2D eigenvalue weighted by molar-refractivity contribution is 5.40. The molecule has 0 bridgehead atoms. The Morgan fingerprint density at radius 1 is 1.47 bits per heavy atom. The van der Waals surface area contributed by atoms with Crippen LogP contribution < -0.4 is 10.5 Å². The van der Waals surface area contributed by atoms with E-state index in [1.807, 2.05) is 13.8 Å². The predicted molar refractivity (Wildman–Crippen MR) is 62.2 cm³/mol. The molecule has 0 spiro atoms. The molecule has 0 amide bonds. The Morgan fingerprint density at radius 2 is 2.20 bits per heavy atom. The molecule has 0 radical (unpaired) electrons. The van der Waals surface area contributed by atoms with Gasteiger partial charge in [0, 0.05) is 18.4 Å². The number of fused-ring (bicyclic) bond motifs is 1. The topological polar surface area (TPSA) is 35.2 Å². The first kappa shape index (κ1) is 10.5. The first-order chi connectivity index (χ1) is 6.94. The zero-order valence-corrected chi connectivity index (χ0v) is 9.71. The van der Waals surface area contributed by atoms with Gasteiger partial charge in [-0.15, -0.1) is 0 Å². The van der Waals surface area contributed by atoms with Gasteiger partial charge >= 0.3 is 0 Å². The van der Waals surface area contributed by atoms with E-state index < -0.39 is 0 Å². The van der Waals surface area contributed by atoms with Crippen molar-refractivity contribution in [2.75, 3.05) is 0 Å². The SMILES string of the molecule is Cc1ccc2c(c1)CC(CC(C)(C)N)O2. The lowest BCUT2D eigenvalue weighted by molar-refractivity contribution is 0.191. The van der Waals surface area contributed by atoms with Crippen molar-refractivity contribution in [3.05, 3.63) is 29.3 Å². The fourth-order valence-corrected chi connectivity index (χ4v) is 2.15. The van der Waals surface area contributed by atoms with E-state index in [0.29, 0.717) is 0 Å². The predicted octanol–water partition coefficient (Wildman–Crippen LogP) is 2.43. The molecule has 0 aliphatic carbocycles. The smallest absolute Gasteiger partial charge is 0.123 e. The second-order valence-corrected chi connectivity index (χ2v) is 5.25. The van der Waals surface area contributed by atoms with Gasteiger partial charge in [-0.05, 0) is 32.4 Å². The largest absolute Gasteiger partial charge is 0.490 e. The van der Waals surface area contributed by atoms with E-state index in [4.69, 9.17) is 10.5 Å². The maximum absolute atomic E-state index is 6.00. The molecule has 1 aliphatic rings. The van der Waals surface area contributed by atoms with Crippen LogP contribution in [-0.4, -0.2) is 11.6 Å². The van der Waals surface area contributed by atoms with Gasteiger partial charge in [-0.2, -0.15) is 0 Å². The molecule has 82 valence electrons. The fraction of sp³-hybridized carbons (Fsp3) is 0.538. The van der Waals surface area contributed by atoms with Crippen molar-refractivity contribution in [3.8, 4) is 5.75 Å². The molecule has 0 saturated heterocycles. The molecular weight excluding hydrogens is 186 g/mol. The van der Waals surface area contributed by atoms with Crippen LogP contribution in [0.15, 0.2) is 18.2 Å². The molecular formula is C13H19NO. The van der Waals surface area contributed by atoms with E-state index in [9.17, 15) is 0 Å². The summed E-state index contributed by atoms with van der Waals surface area (Å²) in [5.41, 5.74) is 8.47. The third kappa shape index (κ3) is 2.51. The molecule has 2 rings (SSSR count). The second kappa shape index (κ2) is 3.53. The maximum Gasteiger partial charge on any atom is 0.123 e. The Morgan fingerprint density at radius 3 is 2.87 bits per heavy atom. The first-order valence-electron chi connectivity index (χ1n) is 5.49. The summed E-state index contributed by atoms with van der Waals surface area (Å²) in [6, 6.07) is 6.36. The average molecular weight is 205 g/mol. The zero-order chi connectivity index (χ0) is 11.1. The summed E-state index contributed by atoms with van der Waals surface area (Å²) < 4.78 is 5.86. The quantitative estimate of drug-likeness (QED) is 0.804. The van der Waals surface area contributed by atoms with Crippen LogP contribution in [0.25, 0.3) is 0 Å². The van der Waals surface area contributed by atoms with Crippen molar-refractivity contribution in [2.45, 2.75) is 45.3 Å². The van der Waals surface area contributed by atoms with Gasteiger partial charge in [-0.3, -0.25) is 0 Å². The van der Waals surface area contributed by atoms with E-state index in [0.717, 1.165) is 18.6 Å². The Labute approximate surface area is 91.4 Å². The van der Waals surface area contributed by atoms with Crippen molar-refractivity contribution in [1.82, 2.24) is 0 Å². The van der Waals surface area contributed by atoms with Gasteiger partial charge in [-0.25, -0.2) is 0 Å². The van der Waals surface area contributed by atoms with Crippen LogP contribution in [0.2, 0.25) is 0 Å². The average Bonchev–Trinajstić information content (AvgIpc) is 2.42. The highest BCUT2D eigenvalue weighted by atomic mass is 16.5. The molecule has 1 atom stereocenters. The Bertz CT molecular complexity index is 365. The molecule has 0 fully saturated rings. The van der Waals surface area contributed by atoms with Crippen molar-refractivity contribution in [2.24, 2.45) is 5.73 Å². The van der Waals surface area contributed by atoms with E-state index in [1.165, 1.54) is 11.1 Å². The highest BCUT2D eigenvalue weighted by Gasteiger charge is 2.27. The minimum absolute atomic E-state index is 0.151. The molecule has 1 unspecified atom stereocenters. The van der Waals surface area contributed by atoms with E-state index in [-0.39, 0.29) is 11.6 Å². The van der Waals surface area contributed by atoms with Crippen molar-refractivity contribution < 1.29 is 4.74 Å². The highest BCUT2D eigenvalue weighted by Crippen LogP contribution is 2.32. The number of nitrogens with two attached hydrogens (primary N) is 1. The van der Waals surface area contributed by atoms with Crippen molar-refractivity contribution in [1.29, 1.82) is 0 Å². The lowest BCUT2D eigenvalue weighted by atomic mass is 9.95. The lowest BCUT2D eigenvalue weighted by Crippen LogP contribution is -2.37. The molecule has 1 heterocycles. The van der Waals surface area contributed by atoms with Crippen LogP contribution in [-0.2, 0) is 6.42 Å². The van der Waals surface area contributed by atoms with Gasteiger partial charge in [0.05, 0.1) is 0 Å². The Balaban J connectivity index is 2.09. The zero-order valence-electron chi connectivity index (χ0n) is 9.71. The van der Waals surface area contributed by atoms with Crippen LogP contribution in [0.4, 0.5) is 0 Å². The minimum atomic E-state index is -0.151. The van der Waals surface area contributed by atoms with E-state index in [1.54, 1.807) is 0 Å². The monoisotopic (exact) mass is 205 g/mol. The van der Waals surface area contributed by atoms with Gasteiger partial charge in [0.2, 0.25) is 0 Å². The number of hydrogen-bond donors (Lipinski definition) is 1. The summed E-state index contributed by atoms with van der Waals surface area (Å²) in [5.74, 6) is 1.04.